The SMILES string of the molecule is CN1C2CCCC1CC(Nc1ccc3[nH]c(-c4n[nH]c5cc(OCc6ccccc6)ccc45)nc3c1)C2. The minimum atomic E-state index is 0.524. The molecule has 5 aromatic rings. The Labute approximate surface area is 216 Å². The number of anilines is 1. The zero-order valence-corrected chi connectivity index (χ0v) is 21.1. The first-order chi connectivity index (χ1) is 18.2. The quantitative estimate of drug-likeness (QED) is 0.266. The highest BCUT2D eigenvalue weighted by atomic mass is 16.5. The van der Waals surface area contributed by atoms with Crippen LogP contribution in [-0.4, -0.2) is 50.2 Å². The van der Waals surface area contributed by atoms with Gasteiger partial charge in [-0.2, -0.15) is 5.10 Å². The van der Waals surface area contributed by atoms with E-state index in [-0.39, 0.29) is 0 Å². The van der Waals surface area contributed by atoms with Crippen LogP contribution in [0.1, 0.15) is 37.7 Å². The zero-order chi connectivity index (χ0) is 24.8. The molecule has 3 aromatic carbocycles. The van der Waals surface area contributed by atoms with E-state index in [1.807, 2.05) is 36.4 Å². The first kappa shape index (κ1) is 22.4. The van der Waals surface area contributed by atoms with E-state index < -0.39 is 0 Å². The normalized spacial score (nSPS) is 21.9. The third kappa shape index (κ3) is 4.33. The van der Waals surface area contributed by atoms with Crippen LogP contribution in [0.5, 0.6) is 5.75 Å². The first-order valence-corrected chi connectivity index (χ1v) is 13.3. The van der Waals surface area contributed by atoms with Crippen molar-refractivity contribution < 1.29 is 4.74 Å². The molecule has 0 spiro atoms. The molecule has 4 heterocycles. The minimum absolute atomic E-state index is 0.524. The van der Waals surface area contributed by atoms with Crippen LogP contribution in [0, 0.1) is 0 Å². The molecule has 7 heteroatoms. The topological polar surface area (TPSA) is 81.9 Å². The number of hydrogen-bond acceptors (Lipinski definition) is 5. The van der Waals surface area contributed by atoms with Gasteiger partial charge < -0.3 is 19.9 Å². The lowest BCUT2D eigenvalue weighted by Crippen LogP contribution is -2.52. The number of fused-ring (bicyclic) bond motifs is 4. The monoisotopic (exact) mass is 492 g/mol. The van der Waals surface area contributed by atoms with Crippen LogP contribution in [-0.2, 0) is 6.61 Å². The van der Waals surface area contributed by atoms with Gasteiger partial charge >= 0.3 is 0 Å². The largest absolute Gasteiger partial charge is 0.489 e. The van der Waals surface area contributed by atoms with E-state index in [1.165, 1.54) is 32.1 Å². The number of piperidine rings is 2. The Morgan fingerprint density at radius 3 is 2.65 bits per heavy atom. The molecule has 2 bridgehead atoms. The van der Waals surface area contributed by atoms with E-state index in [0.717, 1.165) is 50.5 Å². The molecule has 7 nitrogen and oxygen atoms in total. The molecule has 188 valence electrons. The predicted molar refractivity (Wildman–Crippen MR) is 148 cm³/mol. The molecule has 2 aliphatic heterocycles. The first-order valence-electron chi connectivity index (χ1n) is 13.3. The fraction of sp³-hybridized carbons (Fsp3) is 0.333. The summed E-state index contributed by atoms with van der Waals surface area (Å²) in [5.74, 6) is 1.58. The highest BCUT2D eigenvalue weighted by Crippen LogP contribution is 2.35. The Hall–Kier alpha value is -3.84. The third-order valence-electron chi connectivity index (χ3n) is 8.20. The standard InChI is InChI=1S/C30H32N6O/c1-36-22-8-5-9-23(36)15-21(14-22)31-20-10-13-26-28(16-20)33-30(32-26)29-25-12-11-24(17-27(25)34-35-29)37-18-19-6-3-2-4-7-19/h2-4,6-7,10-13,16-17,21-23,31H,5,8-9,14-15,18H2,1H3,(H,32,33)(H,34,35). The predicted octanol–water partition coefficient (Wildman–Crippen LogP) is 6.11. The number of hydrogen-bond donors (Lipinski definition) is 3. The van der Waals surface area contributed by atoms with Gasteiger partial charge in [-0.3, -0.25) is 5.10 Å². The molecule has 3 N–H and O–H groups in total. The van der Waals surface area contributed by atoms with Crippen LogP contribution >= 0.6 is 0 Å². The number of ether oxygens (including phenoxy) is 1. The summed E-state index contributed by atoms with van der Waals surface area (Å²) in [7, 11) is 2.30. The fourth-order valence-corrected chi connectivity index (χ4v) is 6.19. The van der Waals surface area contributed by atoms with Crippen molar-refractivity contribution in [2.75, 3.05) is 12.4 Å². The Kier molecular flexibility index (Phi) is 5.58. The molecule has 2 unspecified atom stereocenters. The van der Waals surface area contributed by atoms with Crippen molar-refractivity contribution in [2.24, 2.45) is 0 Å². The maximum absolute atomic E-state index is 5.99. The summed E-state index contributed by atoms with van der Waals surface area (Å²) in [6, 6.07) is 24.6. The van der Waals surface area contributed by atoms with Gasteiger partial charge in [0.15, 0.2) is 5.82 Å². The van der Waals surface area contributed by atoms with Gasteiger partial charge in [-0.15, -0.1) is 0 Å². The fourth-order valence-electron chi connectivity index (χ4n) is 6.19. The summed E-state index contributed by atoms with van der Waals surface area (Å²) in [6.45, 7) is 0.534. The van der Waals surface area contributed by atoms with Gasteiger partial charge in [-0.25, -0.2) is 4.98 Å². The molecule has 0 aliphatic carbocycles. The molecule has 2 atom stereocenters. The number of aromatic nitrogens is 4. The average molecular weight is 493 g/mol. The average Bonchev–Trinajstić information content (AvgIpc) is 3.52. The number of nitrogens with zero attached hydrogens (tertiary/aromatic N) is 3. The van der Waals surface area contributed by atoms with Gasteiger partial charge in [0.1, 0.15) is 18.1 Å². The van der Waals surface area contributed by atoms with E-state index in [9.17, 15) is 0 Å². The summed E-state index contributed by atoms with van der Waals surface area (Å²) >= 11 is 0. The highest BCUT2D eigenvalue weighted by molar-refractivity contribution is 5.94. The van der Waals surface area contributed by atoms with Crippen molar-refractivity contribution in [3.05, 3.63) is 72.3 Å². The molecule has 2 saturated heterocycles. The lowest BCUT2D eigenvalue weighted by atomic mass is 9.82. The van der Waals surface area contributed by atoms with Gasteiger partial charge in [0, 0.05) is 35.3 Å². The van der Waals surface area contributed by atoms with Gasteiger partial charge in [0.2, 0.25) is 0 Å². The third-order valence-corrected chi connectivity index (χ3v) is 8.20. The van der Waals surface area contributed by atoms with Gasteiger partial charge in [0.05, 0.1) is 16.6 Å². The number of rotatable bonds is 6. The Morgan fingerprint density at radius 1 is 0.973 bits per heavy atom. The van der Waals surface area contributed by atoms with Crippen LogP contribution < -0.4 is 10.1 Å². The molecule has 0 saturated carbocycles. The number of H-pyrrole nitrogens is 2. The molecule has 7 rings (SSSR count). The van der Waals surface area contributed by atoms with Crippen LogP contribution in [0.15, 0.2) is 66.7 Å². The Bertz CT molecular complexity index is 1530. The van der Waals surface area contributed by atoms with Gasteiger partial charge in [0.25, 0.3) is 0 Å². The summed E-state index contributed by atoms with van der Waals surface area (Å²) in [5, 5.41) is 12.6. The van der Waals surface area contributed by atoms with Crippen molar-refractivity contribution in [2.45, 2.75) is 56.8 Å². The second-order valence-corrected chi connectivity index (χ2v) is 10.6. The molecule has 2 fully saturated rings. The Morgan fingerprint density at radius 2 is 1.81 bits per heavy atom. The molecular formula is C30H32N6O. The minimum Gasteiger partial charge on any atom is -0.489 e. The maximum atomic E-state index is 5.99. The van der Waals surface area contributed by atoms with E-state index >= 15 is 0 Å². The van der Waals surface area contributed by atoms with Gasteiger partial charge in [-0.1, -0.05) is 36.8 Å². The molecule has 2 aromatic heterocycles. The summed E-state index contributed by atoms with van der Waals surface area (Å²) in [6.07, 6.45) is 6.45. The van der Waals surface area contributed by atoms with Crippen molar-refractivity contribution in [1.82, 2.24) is 25.1 Å². The van der Waals surface area contributed by atoms with E-state index in [1.54, 1.807) is 0 Å². The summed E-state index contributed by atoms with van der Waals surface area (Å²) in [4.78, 5) is 11.0. The van der Waals surface area contributed by atoms with E-state index in [4.69, 9.17) is 9.72 Å². The molecule has 0 amide bonds. The van der Waals surface area contributed by atoms with Crippen LogP contribution in [0.2, 0.25) is 0 Å². The number of nitrogens with one attached hydrogen (secondary N) is 3. The number of aromatic amines is 2. The number of imidazole rings is 1. The molecule has 37 heavy (non-hydrogen) atoms. The maximum Gasteiger partial charge on any atom is 0.159 e. The smallest absolute Gasteiger partial charge is 0.159 e. The second-order valence-electron chi connectivity index (χ2n) is 10.6. The van der Waals surface area contributed by atoms with Crippen molar-refractivity contribution in [1.29, 1.82) is 0 Å². The lowest BCUT2D eigenvalue weighted by Gasteiger charge is -2.47. The van der Waals surface area contributed by atoms with Crippen molar-refractivity contribution in [3.63, 3.8) is 0 Å². The van der Waals surface area contributed by atoms with Crippen LogP contribution in [0.25, 0.3) is 33.5 Å². The number of benzene rings is 3. The van der Waals surface area contributed by atoms with Crippen LogP contribution in [0.3, 0.4) is 0 Å². The Balaban J connectivity index is 1.09. The van der Waals surface area contributed by atoms with Crippen molar-refractivity contribution in [3.8, 4) is 17.3 Å². The van der Waals surface area contributed by atoms with Crippen LogP contribution in [0.4, 0.5) is 5.69 Å². The molecular weight excluding hydrogens is 460 g/mol. The summed E-state index contributed by atoms with van der Waals surface area (Å²) < 4.78 is 5.99. The molecule has 2 aliphatic rings. The van der Waals surface area contributed by atoms with E-state index in [0.29, 0.717) is 24.7 Å². The van der Waals surface area contributed by atoms with Gasteiger partial charge in [-0.05, 0) is 68.6 Å². The van der Waals surface area contributed by atoms with E-state index in [2.05, 4.69) is 62.8 Å². The van der Waals surface area contributed by atoms with Crippen molar-refractivity contribution >= 4 is 27.6 Å². The zero-order valence-electron chi connectivity index (χ0n) is 21.1. The summed E-state index contributed by atoms with van der Waals surface area (Å²) in [5.41, 5.74) is 5.99. The second kappa shape index (κ2) is 9.23. The molecule has 0 radical (unpaired) electrons. The lowest BCUT2D eigenvalue weighted by molar-refractivity contribution is 0.0608. The highest BCUT2D eigenvalue weighted by Gasteiger charge is 2.35.